The van der Waals surface area contributed by atoms with Crippen molar-refractivity contribution in [1.29, 1.82) is 0 Å². The molecule has 6 nitrogen and oxygen atoms in total. The predicted octanol–water partition coefficient (Wildman–Crippen LogP) is 3.44. The van der Waals surface area contributed by atoms with Crippen LogP contribution in [0, 0.1) is 0 Å². The van der Waals surface area contributed by atoms with Crippen LogP contribution >= 0.6 is 0 Å². The zero-order chi connectivity index (χ0) is 22.2. The van der Waals surface area contributed by atoms with E-state index in [9.17, 15) is 9.59 Å². The summed E-state index contributed by atoms with van der Waals surface area (Å²) < 4.78 is 0. The molecule has 0 aliphatic carbocycles. The summed E-state index contributed by atoms with van der Waals surface area (Å²) in [7, 11) is 0. The number of benzene rings is 2. The van der Waals surface area contributed by atoms with Crippen LogP contribution in [-0.2, 0) is 16.0 Å². The molecular formula is C26H34N4O2. The lowest BCUT2D eigenvalue weighted by molar-refractivity contribution is -0.122. The molecule has 2 heterocycles. The average Bonchev–Trinajstić information content (AvgIpc) is 3.35. The molecule has 2 aromatic carbocycles. The van der Waals surface area contributed by atoms with Gasteiger partial charge in [0.05, 0.1) is 6.54 Å². The molecule has 0 radical (unpaired) electrons. The number of likely N-dealkylation sites (tertiary alicyclic amines) is 1. The molecule has 0 atom stereocenters. The molecule has 0 saturated carbocycles. The molecule has 2 saturated heterocycles. The van der Waals surface area contributed by atoms with Crippen molar-refractivity contribution >= 4 is 23.2 Å². The van der Waals surface area contributed by atoms with Gasteiger partial charge in [-0.25, -0.2) is 0 Å². The van der Waals surface area contributed by atoms with Crippen LogP contribution in [0.5, 0.6) is 0 Å². The Morgan fingerprint density at radius 1 is 0.844 bits per heavy atom. The molecule has 0 bridgehead atoms. The monoisotopic (exact) mass is 434 g/mol. The summed E-state index contributed by atoms with van der Waals surface area (Å²) in [5, 5.41) is 6.17. The number of aryl methyl sites for hydroxylation is 1. The summed E-state index contributed by atoms with van der Waals surface area (Å²) in [5.41, 5.74) is 3.26. The zero-order valence-electron chi connectivity index (χ0n) is 18.8. The highest BCUT2D eigenvalue weighted by molar-refractivity contribution is 5.92. The quantitative estimate of drug-likeness (QED) is 0.668. The van der Waals surface area contributed by atoms with E-state index in [1.54, 1.807) is 0 Å². The van der Waals surface area contributed by atoms with E-state index in [-0.39, 0.29) is 17.9 Å². The van der Waals surface area contributed by atoms with Gasteiger partial charge in [0, 0.05) is 50.0 Å². The number of rotatable bonds is 8. The second kappa shape index (κ2) is 11.1. The molecule has 32 heavy (non-hydrogen) atoms. The lowest BCUT2D eigenvalue weighted by Crippen LogP contribution is -2.46. The van der Waals surface area contributed by atoms with Gasteiger partial charge in [-0.1, -0.05) is 30.3 Å². The number of amides is 2. The molecule has 0 aromatic heterocycles. The Labute approximate surface area is 191 Å². The molecule has 2 aliphatic rings. The van der Waals surface area contributed by atoms with E-state index < -0.39 is 0 Å². The second-order valence-electron chi connectivity index (χ2n) is 8.89. The molecule has 2 N–H and O–H groups in total. The Bertz CT molecular complexity index is 870. The van der Waals surface area contributed by atoms with Gasteiger partial charge in [-0.2, -0.15) is 0 Å². The van der Waals surface area contributed by atoms with Crippen molar-refractivity contribution in [3.63, 3.8) is 0 Å². The number of carbonyl (C=O) groups excluding carboxylic acids is 2. The van der Waals surface area contributed by atoms with Crippen LogP contribution in [-0.4, -0.2) is 55.5 Å². The summed E-state index contributed by atoms with van der Waals surface area (Å²) in [6.45, 7) is 4.28. The molecule has 170 valence electrons. The zero-order valence-corrected chi connectivity index (χ0v) is 18.8. The minimum Gasteiger partial charge on any atom is -0.372 e. The fourth-order valence-electron chi connectivity index (χ4n) is 4.57. The third-order valence-corrected chi connectivity index (χ3v) is 6.43. The maximum absolute atomic E-state index is 12.5. The van der Waals surface area contributed by atoms with E-state index in [0.717, 1.165) is 51.1 Å². The largest absolute Gasteiger partial charge is 0.372 e. The molecule has 0 unspecified atom stereocenters. The normalized spacial score (nSPS) is 17.3. The first-order valence-electron chi connectivity index (χ1n) is 11.9. The Morgan fingerprint density at radius 3 is 2.22 bits per heavy atom. The third kappa shape index (κ3) is 6.57. The van der Waals surface area contributed by atoms with Crippen molar-refractivity contribution in [2.45, 2.75) is 44.6 Å². The third-order valence-electron chi connectivity index (χ3n) is 6.43. The summed E-state index contributed by atoms with van der Waals surface area (Å²) in [6.07, 6.45) is 5.57. The van der Waals surface area contributed by atoms with Gasteiger partial charge in [0.2, 0.25) is 11.8 Å². The number of carbonyl (C=O) groups is 2. The van der Waals surface area contributed by atoms with E-state index in [0.29, 0.717) is 13.0 Å². The number of nitrogens with zero attached hydrogens (tertiary/aromatic N) is 2. The molecule has 2 fully saturated rings. The Hall–Kier alpha value is -2.86. The Morgan fingerprint density at radius 2 is 1.53 bits per heavy atom. The molecule has 4 rings (SSSR count). The van der Waals surface area contributed by atoms with Crippen molar-refractivity contribution in [3.8, 4) is 0 Å². The smallest absolute Gasteiger partial charge is 0.238 e. The second-order valence-corrected chi connectivity index (χ2v) is 8.89. The fraction of sp³-hybridized carbons (Fsp3) is 0.462. The number of nitrogens with one attached hydrogen (secondary N) is 2. The van der Waals surface area contributed by atoms with Gasteiger partial charge in [-0.05, 0) is 61.9 Å². The highest BCUT2D eigenvalue weighted by Gasteiger charge is 2.22. The molecule has 6 heteroatoms. The topological polar surface area (TPSA) is 64.7 Å². The first kappa shape index (κ1) is 22.3. The molecule has 2 aromatic rings. The summed E-state index contributed by atoms with van der Waals surface area (Å²) in [5.74, 6) is 0.131. The van der Waals surface area contributed by atoms with Gasteiger partial charge < -0.3 is 15.5 Å². The van der Waals surface area contributed by atoms with Crippen molar-refractivity contribution in [2.75, 3.05) is 42.9 Å². The highest BCUT2D eigenvalue weighted by Crippen LogP contribution is 2.22. The van der Waals surface area contributed by atoms with Crippen LogP contribution in [0.15, 0.2) is 54.6 Å². The minimum absolute atomic E-state index is 0.0178. The van der Waals surface area contributed by atoms with Gasteiger partial charge in [0.15, 0.2) is 0 Å². The van der Waals surface area contributed by atoms with Gasteiger partial charge in [-0.15, -0.1) is 0 Å². The SMILES string of the molecule is O=C(CN1CCC(NC(=O)CCc2ccccc2)CC1)Nc1ccc(N2CCCC2)cc1. The maximum atomic E-state index is 12.5. The molecule has 2 amide bonds. The highest BCUT2D eigenvalue weighted by atomic mass is 16.2. The Balaban J connectivity index is 1.14. The van der Waals surface area contributed by atoms with Crippen LogP contribution in [0.3, 0.4) is 0 Å². The van der Waals surface area contributed by atoms with E-state index in [2.05, 4.69) is 44.7 Å². The lowest BCUT2D eigenvalue weighted by atomic mass is 10.0. The maximum Gasteiger partial charge on any atom is 0.238 e. The van der Waals surface area contributed by atoms with Crippen molar-refractivity contribution in [3.05, 3.63) is 60.2 Å². The lowest BCUT2D eigenvalue weighted by Gasteiger charge is -2.31. The van der Waals surface area contributed by atoms with Crippen LogP contribution < -0.4 is 15.5 Å². The summed E-state index contributed by atoms with van der Waals surface area (Å²) in [6, 6.07) is 18.5. The van der Waals surface area contributed by atoms with E-state index in [1.165, 1.54) is 24.1 Å². The van der Waals surface area contributed by atoms with E-state index >= 15 is 0 Å². The van der Waals surface area contributed by atoms with Gasteiger partial charge in [0.1, 0.15) is 0 Å². The molecule has 2 aliphatic heterocycles. The van der Waals surface area contributed by atoms with Crippen LogP contribution in [0.2, 0.25) is 0 Å². The van der Waals surface area contributed by atoms with Crippen molar-refractivity contribution in [2.24, 2.45) is 0 Å². The number of hydrogen-bond donors (Lipinski definition) is 2. The standard InChI is InChI=1S/C26H34N4O2/c31-25(13-8-21-6-2-1-3-7-21)27-23-14-18-29(19-15-23)20-26(32)28-22-9-11-24(12-10-22)30-16-4-5-17-30/h1-3,6-7,9-12,23H,4-5,8,13-20H2,(H,27,31)(H,28,32). The molecule has 0 spiro atoms. The van der Waals surface area contributed by atoms with E-state index in [4.69, 9.17) is 0 Å². The summed E-state index contributed by atoms with van der Waals surface area (Å²) >= 11 is 0. The number of hydrogen-bond acceptors (Lipinski definition) is 4. The van der Waals surface area contributed by atoms with Crippen molar-refractivity contribution < 1.29 is 9.59 Å². The number of anilines is 2. The van der Waals surface area contributed by atoms with E-state index in [1.807, 2.05) is 30.3 Å². The fourth-order valence-corrected chi connectivity index (χ4v) is 4.57. The van der Waals surface area contributed by atoms with Crippen LogP contribution in [0.4, 0.5) is 11.4 Å². The number of piperidine rings is 1. The van der Waals surface area contributed by atoms with Crippen LogP contribution in [0.25, 0.3) is 0 Å². The summed E-state index contributed by atoms with van der Waals surface area (Å²) in [4.78, 5) is 29.3. The average molecular weight is 435 g/mol. The molecular weight excluding hydrogens is 400 g/mol. The first-order chi connectivity index (χ1) is 15.7. The van der Waals surface area contributed by atoms with Gasteiger partial charge in [0.25, 0.3) is 0 Å². The van der Waals surface area contributed by atoms with Gasteiger partial charge in [-0.3, -0.25) is 14.5 Å². The van der Waals surface area contributed by atoms with Gasteiger partial charge >= 0.3 is 0 Å². The van der Waals surface area contributed by atoms with Crippen LogP contribution in [0.1, 0.15) is 37.7 Å². The Kier molecular flexibility index (Phi) is 7.77. The minimum atomic E-state index is 0.0178. The predicted molar refractivity (Wildman–Crippen MR) is 129 cm³/mol. The first-order valence-corrected chi connectivity index (χ1v) is 11.9. The van der Waals surface area contributed by atoms with Crippen molar-refractivity contribution in [1.82, 2.24) is 10.2 Å².